The summed E-state index contributed by atoms with van der Waals surface area (Å²) in [6, 6.07) is 0.0929. The van der Waals surface area contributed by atoms with E-state index in [1.54, 1.807) is 13.4 Å². The van der Waals surface area contributed by atoms with Crippen molar-refractivity contribution in [2.75, 3.05) is 7.11 Å². The van der Waals surface area contributed by atoms with Gasteiger partial charge < -0.3 is 10.5 Å². The van der Waals surface area contributed by atoms with Gasteiger partial charge in [0, 0.05) is 26.1 Å². The Bertz CT molecular complexity index is 392. The van der Waals surface area contributed by atoms with E-state index in [2.05, 4.69) is 23.9 Å². The lowest BCUT2D eigenvalue weighted by atomic mass is 9.75. The summed E-state index contributed by atoms with van der Waals surface area (Å²) in [4.78, 5) is 4.34. The van der Waals surface area contributed by atoms with Gasteiger partial charge in [0.2, 0.25) is 0 Å². The molecule has 0 spiro atoms. The van der Waals surface area contributed by atoms with Crippen LogP contribution in [0.1, 0.15) is 45.4 Å². The second-order valence-corrected chi connectivity index (χ2v) is 6.16. The van der Waals surface area contributed by atoms with Crippen LogP contribution in [0.5, 0.6) is 0 Å². The molecule has 2 rings (SSSR count). The lowest BCUT2D eigenvalue weighted by molar-refractivity contribution is -0.0814. The predicted octanol–water partition coefficient (Wildman–Crippen LogP) is 1.76. The van der Waals surface area contributed by atoms with Crippen molar-refractivity contribution in [3.63, 3.8) is 0 Å². The van der Waals surface area contributed by atoms with Gasteiger partial charge in [-0.2, -0.15) is 5.10 Å². The molecule has 1 aromatic heterocycles. The smallest absolute Gasteiger partial charge is 0.138 e. The van der Waals surface area contributed by atoms with Crippen molar-refractivity contribution in [1.82, 2.24) is 14.8 Å². The fourth-order valence-electron chi connectivity index (χ4n) is 2.79. The molecule has 0 radical (unpaired) electrons. The van der Waals surface area contributed by atoms with Crippen molar-refractivity contribution in [3.05, 3.63) is 12.2 Å². The third-order valence-electron chi connectivity index (χ3n) is 4.01. The summed E-state index contributed by atoms with van der Waals surface area (Å²) in [6.45, 7) is 5.26. The molecule has 5 heteroatoms. The van der Waals surface area contributed by atoms with Crippen LogP contribution in [0.15, 0.2) is 6.33 Å². The number of nitrogens with two attached hydrogens (primary N) is 1. The highest BCUT2D eigenvalue weighted by Crippen LogP contribution is 2.38. The van der Waals surface area contributed by atoms with Gasteiger partial charge in [0.15, 0.2) is 0 Å². The van der Waals surface area contributed by atoms with Crippen molar-refractivity contribution in [2.45, 2.75) is 64.1 Å². The average molecular weight is 266 g/mol. The van der Waals surface area contributed by atoms with E-state index in [4.69, 9.17) is 10.5 Å². The van der Waals surface area contributed by atoms with E-state index >= 15 is 0 Å². The molecule has 2 N–H and O–H groups in total. The molecular formula is C14H26N4O. The molecule has 0 amide bonds. The Morgan fingerprint density at radius 2 is 2.21 bits per heavy atom. The molecule has 0 aromatic carbocycles. The average Bonchev–Trinajstić information content (AvgIpc) is 2.70. The molecule has 1 aliphatic rings. The molecule has 1 fully saturated rings. The minimum Gasteiger partial charge on any atom is -0.378 e. The second kappa shape index (κ2) is 6.01. The minimum atomic E-state index is 0.0301. The molecule has 19 heavy (non-hydrogen) atoms. The number of aromatic nitrogens is 3. The van der Waals surface area contributed by atoms with Crippen LogP contribution in [-0.2, 0) is 17.7 Å². The maximum atomic E-state index is 6.27. The highest BCUT2D eigenvalue weighted by molar-refractivity contribution is 4.96. The lowest BCUT2D eigenvalue weighted by Crippen LogP contribution is -2.45. The van der Waals surface area contributed by atoms with Crippen LogP contribution in [0.25, 0.3) is 0 Å². The van der Waals surface area contributed by atoms with E-state index in [0.29, 0.717) is 5.92 Å². The molecule has 0 bridgehead atoms. The summed E-state index contributed by atoms with van der Waals surface area (Å²) in [5.41, 5.74) is 6.30. The van der Waals surface area contributed by atoms with Crippen LogP contribution in [0.2, 0.25) is 0 Å². The zero-order valence-corrected chi connectivity index (χ0v) is 12.3. The summed E-state index contributed by atoms with van der Waals surface area (Å²) < 4.78 is 7.61. The van der Waals surface area contributed by atoms with Crippen LogP contribution < -0.4 is 5.73 Å². The molecule has 5 nitrogen and oxygen atoms in total. The third-order valence-corrected chi connectivity index (χ3v) is 4.01. The van der Waals surface area contributed by atoms with Crippen molar-refractivity contribution in [1.29, 1.82) is 0 Å². The fraction of sp³-hybridized carbons (Fsp3) is 0.857. The standard InChI is InChI=1S/C14H26N4O/c1-11(2)9-18-13(16-10-17-18)7-12(15)8-14(19-3)5-4-6-14/h10-12H,4-9,15H2,1-3H3. The summed E-state index contributed by atoms with van der Waals surface area (Å²) in [7, 11) is 1.80. The molecule has 0 saturated heterocycles. The van der Waals surface area contributed by atoms with Gasteiger partial charge in [-0.1, -0.05) is 13.8 Å². The van der Waals surface area contributed by atoms with Crippen LogP contribution in [-0.4, -0.2) is 33.5 Å². The van der Waals surface area contributed by atoms with E-state index in [-0.39, 0.29) is 11.6 Å². The number of methoxy groups -OCH3 is 1. The Morgan fingerprint density at radius 3 is 2.74 bits per heavy atom. The van der Waals surface area contributed by atoms with Gasteiger partial charge in [0.1, 0.15) is 12.2 Å². The summed E-state index contributed by atoms with van der Waals surface area (Å²) in [5.74, 6) is 1.56. The van der Waals surface area contributed by atoms with Crippen LogP contribution in [0.4, 0.5) is 0 Å². The SMILES string of the molecule is COC1(CC(N)Cc2ncnn2CC(C)C)CCC1. The van der Waals surface area contributed by atoms with Crippen LogP contribution in [0.3, 0.4) is 0 Å². The number of nitrogens with zero attached hydrogens (tertiary/aromatic N) is 3. The van der Waals surface area contributed by atoms with E-state index in [9.17, 15) is 0 Å². The third kappa shape index (κ3) is 3.54. The number of ether oxygens (including phenoxy) is 1. The number of rotatable bonds is 7. The van der Waals surface area contributed by atoms with Gasteiger partial charge in [-0.3, -0.25) is 0 Å². The summed E-state index contributed by atoms with van der Waals surface area (Å²) >= 11 is 0. The van der Waals surface area contributed by atoms with Gasteiger partial charge in [0.05, 0.1) is 5.60 Å². The Morgan fingerprint density at radius 1 is 1.47 bits per heavy atom. The zero-order valence-electron chi connectivity index (χ0n) is 12.3. The van der Waals surface area contributed by atoms with E-state index in [1.807, 2.05) is 4.68 Å². The molecule has 108 valence electrons. The molecule has 1 aromatic rings. The Balaban J connectivity index is 1.91. The normalized spacial score (nSPS) is 19.4. The highest BCUT2D eigenvalue weighted by atomic mass is 16.5. The first-order chi connectivity index (χ1) is 9.04. The van der Waals surface area contributed by atoms with Crippen LogP contribution in [0, 0.1) is 5.92 Å². The van der Waals surface area contributed by atoms with Gasteiger partial charge in [0.25, 0.3) is 0 Å². The first-order valence-electron chi connectivity index (χ1n) is 7.22. The Kier molecular flexibility index (Phi) is 4.58. The zero-order chi connectivity index (χ0) is 13.9. The predicted molar refractivity (Wildman–Crippen MR) is 74.7 cm³/mol. The van der Waals surface area contributed by atoms with Gasteiger partial charge in [-0.05, 0) is 31.6 Å². The minimum absolute atomic E-state index is 0.0301. The first-order valence-corrected chi connectivity index (χ1v) is 7.22. The molecule has 1 unspecified atom stereocenters. The monoisotopic (exact) mass is 266 g/mol. The number of hydrogen-bond donors (Lipinski definition) is 1. The Labute approximate surface area is 115 Å². The molecule has 1 atom stereocenters. The van der Waals surface area contributed by atoms with Crippen molar-refractivity contribution in [3.8, 4) is 0 Å². The van der Waals surface area contributed by atoms with E-state index in [1.165, 1.54) is 6.42 Å². The molecule has 1 aliphatic carbocycles. The summed E-state index contributed by atoms with van der Waals surface area (Å²) in [6.07, 6.45) is 6.84. The largest absolute Gasteiger partial charge is 0.378 e. The topological polar surface area (TPSA) is 66.0 Å². The van der Waals surface area contributed by atoms with Gasteiger partial charge in [-0.25, -0.2) is 9.67 Å². The highest BCUT2D eigenvalue weighted by Gasteiger charge is 2.38. The van der Waals surface area contributed by atoms with Crippen molar-refractivity contribution >= 4 is 0 Å². The first kappa shape index (κ1) is 14.5. The number of hydrogen-bond acceptors (Lipinski definition) is 4. The van der Waals surface area contributed by atoms with E-state index < -0.39 is 0 Å². The molecular weight excluding hydrogens is 240 g/mol. The van der Waals surface area contributed by atoms with Crippen LogP contribution >= 0.6 is 0 Å². The Hall–Kier alpha value is -0.940. The fourth-order valence-corrected chi connectivity index (χ4v) is 2.79. The summed E-state index contributed by atoms with van der Waals surface area (Å²) in [5, 5.41) is 4.28. The second-order valence-electron chi connectivity index (χ2n) is 6.16. The van der Waals surface area contributed by atoms with E-state index in [0.717, 1.165) is 38.1 Å². The molecule has 0 aliphatic heterocycles. The molecule has 1 saturated carbocycles. The maximum absolute atomic E-state index is 6.27. The van der Waals surface area contributed by atoms with Gasteiger partial charge >= 0.3 is 0 Å². The quantitative estimate of drug-likeness (QED) is 0.816. The van der Waals surface area contributed by atoms with Crippen molar-refractivity contribution < 1.29 is 4.74 Å². The lowest BCUT2D eigenvalue weighted by Gasteiger charge is -2.42. The molecule has 1 heterocycles. The van der Waals surface area contributed by atoms with Gasteiger partial charge in [-0.15, -0.1) is 0 Å². The maximum Gasteiger partial charge on any atom is 0.138 e. The van der Waals surface area contributed by atoms with Crippen molar-refractivity contribution in [2.24, 2.45) is 11.7 Å².